The van der Waals surface area contributed by atoms with Gasteiger partial charge in [0.1, 0.15) is 5.69 Å². The van der Waals surface area contributed by atoms with Crippen molar-refractivity contribution in [1.82, 2.24) is 9.78 Å². The Bertz CT molecular complexity index is 533. The Morgan fingerprint density at radius 1 is 1.65 bits per heavy atom. The lowest BCUT2D eigenvalue weighted by Crippen LogP contribution is -2.05. The van der Waals surface area contributed by atoms with Crippen molar-refractivity contribution in [3.05, 3.63) is 38.2 Å². The van der Waals surface area contributed by atoms with Crippen LogP contribution in [0.2, 0.25) is 0 Å². The Morgan fingerprint density at radius 3 is 3.00 bits per heavy atom. The van der Waals surface area contributed by atoms with Crippen molar-refractivity contribution >= 4 is 22.8 Å². The van der Waals surface area contributed by atoms with E-state index in [1.165, 1.54) is 4.68 Å². The van der Waals surface area contributed by atoms with Gasteiger partial charge in [-0.2, -0.15) is 5.10 Å². The summed E-state index contributed by atoms with van der Waals surface area (Å²) in [4.78, 5) is 11.7. The molecule has 0 aromatic carbocycles. The first-order valence-corrected chi connectivity index (χ1v) is 5.92. The van der Waals surface area contributed by atoms with Crippen LogP contribution in [0.15, 0.2) is 17.5 Å². The van der Waals surface area contributed by atoms with Gasteiger partial charge >= 0.3 is 5.69 Å². The molecule has 2 aromatic rings. The molecule has 0 atom stereocenters. The molecule has 1 N–H and O–H groups in total. The van der Waals surface area contributed by atoms with Crippen LogP contribution in [0.3, 0.4) is 0 Å². The molecule has 0 fully saturated rings. The summed E-state index contributed by atoms with van der Waals surface area (Å²) in [6.45, 7) is 2.20. The van der Waals surface area contributed by atoms with Crippen LogP contribution < -0.4 is 5.32 Å². The minimum absolute atomic E-state index is 0.0454. The van der Waals surface area contributed by atoms with Crippen LogP contribution in [0.4, 0.5) is 11.5 Å². The first-order chi connectivity index (χ1) is 8.09. The molecule has 0 unspecified atom stereocenters. The lowest BCUT2D eigenvalue weighted by Gasteiger charge is -2.04. The molecule has 2 rings (SSSR count). The van der Waals surface area contributed by atoms with Crippen molar-refractivity contribution in [1.29, 1.82) is 0 Å². The molecule has 90 valence electrons. The molecular formula is C10H12N4O2S. The van der Waals surface area contributed by atoms with Gasteiger partial charge in [-0.25, -0.2) is 4.68 Å². The summed E-state index contributed by atoms with van der Waals surface area (Å²) in [5, 5.41) is 20.0. The van der Waals surface area contributed by atoms with Crippen LogP contribution in [0.5, 0.6) is 0 Å². The quantitative estimate of drug-likeness (QED) is 0.669. The van der Waals surface area contributed by atoms with Gasteiger partial charge in [-0.1, -0.05) is 6.07 Å². The molecule has 0 spiro atoms. The molecule has 0 aliphatic carbocycles. The van der Waals surface area contributed by atoms with E-state index < -0.39 is 4.92 Å². The highest BCUT2D eigenvalue weighted by molar-refractivity contribution is 7.09. The predicted molar refractivity (Wildman–Crippen MR) is 66.2 cm³/mol. The number of hydrogen-bond acceptors (Lipinski definition) is 5. The number of nitro groups is 1. The number of aromatic nitrogens is 2. The van der Waals surface area contributed by atoms with E-state index in [9.17, 15) is 10.1 Å². The van der Waals surface area contributed by atoms with E-state index in [0.29, 0.717) is 18.1 Å². The van der Waals surface area contributed by atoms with E-state index in [1.807, 2.05) is 17.5 Å². The highest BCUT2D eigenvalue weighted by Gasteiger charge is 2.23. The van der Waals surface area contributed by atoms with Crippen molar-refractivity contribution in [3.63, 3.8) is 0 Å². The molecule has 2 heterocycles. The second-order valence-electron chi connectivity index (χ2n) is 3.60. The molecule has 0 saturated carbocycles. The molecule has 0 bridgehead atoms. The van der Waals surface area contributed by atoms with Crippen LogP contribution in [0, 0.1) is 17.0 Å². The average Bonchev–Trinajstić information content (AvgIpc) is 2.83. The topological polar surface area (TPSA) is 73.0 Å². The van der Waals surface area contributed by atoms with E-state index in [-0.39, 0.29) is 5.69 Å². The van der Waals surface area contributed by atoms with Gasteiger partial charge in [0.15, 0.2) is 0 Å². The SMILES string of the molecule is Cc1nn(C)c(NCc2cccs2)c1[N+](=O)[O-]. The van der Waals surface area contributed by atoms with E-state index in [0.717, 1.165) is 4.88 Å². The van der Waals surface area contributed by atoms with Crippen molar-refractivity contribution in [2.75, 3.05) is 5.32 Å². The maximum Gasteiger partial charge on any atom is 0.333 e. The molecule has 6 nitrogen and oxygen atoms in total. The highest BCUT2D eigenvalue weighted by Crippen LogP contribution is 2.27. The molecule has 0 amide bonds. The number of thiophene rings is 1. The van der Waals surface area contributed by atoms with Gasteiger partial charge in [0, 0.05) is 11.9 Å². The van der Waals surface area contributed by atoms with E-state index in [2.05, 4.69) is 10.4 Å². The Kier molecular flexibility index (Phi) is 3.10. The van der Waals surface area contributed by atoms with Gasteiger partial charge in [-0.3, -0.25) is 10.1 Å². The first-order valence-electron chi connectivity index (χ1n) is 5.04. The Hall–Kier alpha value is -1.89. The smallest absolute Gasteiger partial charge is 0.333 e. The van der Waals surface area contributed by atoms with Crippen molar-refractivity contribution in [2.24, 2.45) is 7.05 Å². The second-order valence-corrected chi connectivity index (χ2v) is 4.63. The number of aryl methyl sites for hydroxylation is 2. The zero-order valence-corrected chi connectivity index (χ0v) is 10.3. The summed E-state index contributed by atoms with van der Waals surface area (Å²) >= 11 is 1.61. The molecule has 0 radical (unpaired) electrons. The molecule has 0 saturated heterocycles. The summed E-state index contributed by atoms with van der Waals surface area (Å²) in [6, 6.07) is 3.93. The van der Waals surface area contributed by atoms with Gasteiger partial charge in [-0.05, 0) is 18.4 Å². The monoisotopic (exact) mass is 252 g/mol. The summed E-state index contributed by atoms with van der Waals surface area (Å²) in [5.74, 6) is 0.445. The van der Waals surface area contributed by atoms with E-state index in [1.54, 1.807) is 25.3 Å². The van der Waals surface area contributed by atoms with Crippen LogP contribution in [-0.4, -0.2) is 14.7 Å². The number of hydrogen-bond donors (Lipinski definition) is 1. The third kappa shape index (κ3) is 2.28. The maximum absolute atomic E-state index is 10.9. The van der Waals surface area contributed by atoms with Crippen LogP contribution >= 0.6 is 11.3 Å². The minimum Gasteiger partial charge on any atom is -0.360 e. The van der Waals surface area contributed by atoms with Crippen molar-refractivity contribution < 1.29 is 4.92 Å². The predicted octanol–water partition coefficient (Wildman–Crippen LogP) is 2.31. The van der Waals surface area contributed by atoms with Gasteiger partial charge in [-0.15, -0.1) is 11.3 Å². The van der Waals surface area contributed by atoms with E-state index in [4.69, 9.17) is 0 Å². The number of nitrogens with one attached hydrogen (secondary N) is 1. The summed E-state index contributed by atoms with van der Waals surface area (Å²) < 4.78 is 1.50. The zero-order valence-electron chi connectivity index (χ0n) is 9.51. The fourth-order valence-corrected chi connectivity index (χ4v) is 2.29. The van der Waals surface area contributed by atoms with Gasteiger partial charge in [0.05, 0.1) is 11.5 Å². The molecule has 0 aliphatic heterocycles. The van der Waals surface area contributed by atoms with Crippen LogP contribution in [-0.2, 0) is 13.6 Å². The summed E-state index contributed by atoms with van der Waals surface area (Å²) in [5.41, 5.74) is 0.468. The molecule has 17 heavy (non-hydrogen) atoms. The number of anilines is 1. The third-order valence-corrected chi connectivity index (χ3v) is 3.26. The Balaban J connectivity index is 2.23. The van der Waals surface area contributed by atoms with E-state index >= 15 is 0 Å². The number of nitrogens with zero attached hydrogens (tertiary/aromatic N) is 3. The largest absolute Gasteiger partial charge is 0.360 e. The molecule has 2 aromatic heterocycles. The van der Waals surface area contributed by atoms with Gasteiger partial charge in [0.25, 0.3) is 0 Å². The van der Waals surface area contributed by atoms with Crippen molar-refractivity contribution in [2.45, 2.75) is 13.5 Å². The highest BCUT2D eigenvalue weighted by atomic mass is 32.1. The fraction of sp³-hybridized carbons (Fsp3) is 0.300. The normalized spacial score (nSPS) is 10.5. The van der Waals surface area contributed by atoms with Crippen molar-refractivity contribution in [3.8, 4) is 0 Å². The lowest BCUT2D eigenvalue weighted by atomic mass is 10.3. The second kappa shape index (κ2) is 4.54. The Labute approximate surface area is 102 Å². The molecule has 7 heteroatoms. The Morgan fingerprint density at radius 2 is 2.41 bits per heavy atom. The molecular weight excluding hydrogens is 240 g/mol. The first kappa shape index (κ1) is 11.6. The minimum atomic E-state index is -0.404. The maximum atomic E-state index is 10.9. The summed E-state index contributed by atoms with van der Waals surface area (Å²) in [7, 11) is 1.69. The summed E-state index contributed by atoms with van der Waals surface area (Å²) in [6.07, 6.45) is 0. The fourth-order valence-electron chi connectivity index (χ4n) is 1.65. The lowest BCUT2D eigenvalue weighted by molar-refractivity contribution is -0.384. The zero-order chi connectivity index (χ0) is 12.4. The third-order valence-electron chi connectivity index (χ3n) is 2.38. The van der Waals surface area contributed by atoms with Gasteiger partial charge in [0.2, 0.25) is 5.82 Å². The van der Waals surface area contributed by atoms with Gasteiger partial charge < -0.3 is 5.32 Å². The average molecular weight is 252 g/mol. The molecule has 0 aliphatic rings. The standard InChI is InChI=1S/C10H12N4O2S/c1-7-9(14(15)16)10(13(2)12-7)11-6-8-4-3-5-17-8/h3-5,11H,6H2,1-2H3. The van der Waals surface area contributed by atoms with Crippen LogP contribution in [0.1, 0.15) is 10.6 Å². The number of rotatable bonds is 4. The van der Waals surface area contributed by atoms with Crippen LogP contribution in [0.25, 0.3) is 0 Å².